The molecule has 0 N–H and O–H groups in total. The summed E-state index contributed by atoms with van der Waals surface area (Å²) in [5, 5.41) is 0. The van der Waals surface area contributed by atoms with E-state index < -0.39 is 0 Å². The van der Waals surface area contributed by atoms with E-state index in [9.17, 15) is 0 Å². The Morgan fingerprint density at radius 2 is 1.30 bits per heavy atom. The van der Waals surface area contributed by atoms with E-state index in [1.54, 1.807) is 0 Å². The summed E-state index contributed by atoms with van der Waals surface area (Å²) in [5.74, 6) is 1.85. The zero-order valence-corrected chi connectivity index (χ0v) is 13.9. The molecule has 0 amide bonds. The van der Waals surface area contributed by atoms with Gasteiger partial charge in [0.1, 0.15) is 0 Å². The molecule has 0 saturated carbocycles. The minimum Gasteiger partial charge on any atom is -0.301 e. The van der Waals surface area contributed by atoms with Crippen molar-refractivity contribution in [2.45, 2.75) is 58.7 Å². The van der Waals surface area contributed by atoms with Crippen molar-refractivity contribution in [1.29, 1.82) is 0 Å². The third kappa shape index (κ3) is 2.90. The Hall–Kier alpha value is -0.120. The van der Waals surface area contributed by atoms with Gasteiger partial charge in [0.05, 0.1) is 0 Å². The summed E-state index contributed by atoms with van der Waals surface area (Å²) in [6.45, 7) is 17.4. The number of hydrogen-bond donors (Lipinski definition) is 0. The number of hydrogen-bond acceptors (Lipinski definition) is 3. The minimum absolute atomic E-state index is 0.731. The number of likely N-dealkylation sites (tertiary alicyclic amines) is 3. The molecule has 3 aliphatic heterocycles. The molecule has 0 atom stereocenters. The molecule has 0 aromatic rings. The second-order valence-corrected chi connectivity index (χ2v) is 7.93. The number of nitrogens with zero attached hydrogens (tertiary/aromatic N) is 3. The predicted octanol–water partition coefficient (Wildman–Crippen LogP) is 2.13. The van der Waals surface area contributed by atoms with Gasteiger partial charge < -0.3 is 4.90 Å². The van der Waals surface area contributed by atoms with E-state index in [1.165, 1.54) is 52.1 Å². The molecule has 0 aliphatic carbocycles. The van der Waals surface area contributed by atoms with Crippen molar-refractivity contribution in [3.05, 3.63) is 0 Å². The maximum absolute atomic E-state index is 2.75. The summed E-state index contributed by atoms with van der Waals surface area (Å²) in [7, 11) is 0. The summed E-state index contributed by atoms with van der Waals surface area (Å²) in [5.41, 5.74) is 0. The first-order valence-electron chi connectivity index (χ1n) is 8.76. The molecule has 3 heterocycles. The van der Waals surface area contributed by atoms with Gasteiger partial charge >= 0.3 is 0 Å². The van der Waals surface area contributed by atoms with Crippen LogP contribution < -0.4 is 0 Å². The Labute approximate surface area is 125 Å². The number of piperidine rings is 1. The Balaban J connectivity index is 1.35. The molecule has 3 aliphatic rings. The highest BCUT2D eigenvalue weighted by Crippen LogP contribution is 2.31. The van der Waals surface area contributed by atoms with E-state index in [0.29, 0.717) is 0 Å². The fourth-order valence-electron chi connectivity index (χ4n) is 4.05. The fourth-order valence-corrected chi connectivity index (χ4v) is 4.05. The second kappa shape index (κ2) is 5.94. The van der Waals surface area contributed by atoms with Crippen LogP contribution in [0.25, 0.3) is 0 Å². The van der Waals surface area contributed by atoms with Gasteiger partial charge in [0.2, 0.25) is 0 Å². The fraction of sp³-hybridized carbons (Fsp3) is 1.00. The molecule has 0 unspecified atom stereocenters. The first kappa shape index (κ1) is 14.8. The average Bonchev–Trinajstić information content (AvgIpc) is 2.30. The van der Waals surface area contributed by atoms with Gasteiger partial charge in [-0.1, -0.05) is 13.8 Å². The second-order valence-electron chi connectivity index (χ2n) is 7.93. The zero-order valence-electron chi connectivity index (χ0n) is 13.9. The molecular weight excluding hydrogens is 246 g/mol. The third-order valence-electron chi connectivity index (χ3n) is 6.03. The highest BCUT2D eigenvalue weighted by molar-refractivity contribution is 4.97. The normalized spacial score (nSPS) is 29.1. The Bertz CT molecular complexity index is 308. The van der Waals surface area contributed by atoms with Crippen molar-refractivity contribution >= 4 is 0 Å². The predicted molar refractivity (Wildman–Crippen MR) is 85.0 cm³/mol. The maximum Gasteiger partial charge on any atom is 0.0350 e. The standard InChI is InChI=1S/C17H33N3/c1-13(2)15-9-19(10-15)17-11-20(12-17)16-5-7-18(8-6-16)14(3)4/h13-17H,5-12H2,1-4H3. The quantitative estimate of drug-likeness (QED) is 0.780. The molecule has 0 aromatic heterocycles. The topological polar surface area (TPSA) is 9.72 Å². The van der Waals surface area contributed by atoms with E-state index in [4.69, 9.17) is 0 Å². The van der Waals surface area contributed by atoms with Crippen LogP contribution in [0.2, 0.25) is 0 Å². The molecule has 3 rings (SSSR count). The summed E-state index contributed by atoms with van der Waals surface area (Å²) in [6, 6.07) is 2.49. The van der Waals surface area contributed by atoms with Crippen LogP contribution in [0.4, 0.5) is 0 Å². The largest absolute Gasteiger partial charge is 0.301 e. The Kier molecular flexibility index (Phi) is 4.40. The summed E-state index contributed by atoms with van der Waals surface area (Å²) in [6.07, 6.45) is 2.78. The van der Waals surface area contributed by atoms with Gasteiger partial charge in [0, 0.05) is 44.3 Å². The van der Waals surface area contributed by atoms with Crippen molar-refractivity contribution in [3.63, 3.8) is 0 Å². The van der Waals surface area contributed by atoms with E-state index in [2.05, 4.69) is 42.4 Å². The molecule has 116 valence electrons. The van der Waals surface area contributed by atoms with Crippen molar-refractivity contribution in [3.8, 4) is 0 Å². The van der Waals surface area contributed by atoms with Gasteiger partial charge in [-0.3, -0.25) is 9.80 Å². The highest BCUT2D eigenvalue weighted by atomic mass is 15.4. The van der Waals surface area contributed by atoms with Crippen LogP contribution in [-0.4, -0.2) is 72.1 Å². The van der Waals surface area contributed by atoms with E-state index in [1.807, 2.05) is 0 Å². The van der Waals surface area contributed by atoms with E-state index >= 15 is 0 Å². The van der Waals surface area contributed by atoms with Crippen LogP contribution in [0, 0.1) is 11.8 Å². The van der Waals surface area contributed by atoms with Crippen LogP contribution in [0.1, 0.15) is 40.5 Å². The lowest BCUT2D eigenvalue weighted by Gasteiger charge is -2.55. The minimum atomic E-state index is 0.731. The molecular formula is C17H33N3. The smallest absolute Gasteiger partial charge is 0.0350 e. The maximum atomic E-state index is 2.75. The van der Waals surface area contributed by atoms with Crippen LogP contribution >= 0.6 is 0 Å². The molecule has 20 heavy (non-hydrogen) atoms. The SMILES string of the molecule is CC(C)C1CN(C2CN(C3CCN(C(C)C)CC3)C2)C1. The first-order chi connectivity index (χ1) is 9.54. The van der Waals surface area contributed by atoms with Crippen LogP contribution in [0.15, 0.2) is 0 Å². The average molecular weight is 279 g/mol. The van der Waals surface area contributed by atoms with Gasteiger partial charge in [-0.15, -0.1) is 0 Å². The molecule has 3 heteroatoms. The number of rotatable bonds is 4. The van der Waals surface area contributed by atoms with Crippen LogP contribution in [-0.2, 0) is 0 Å². The molecule has 0 aromatic carbocycles. The first-order valence-corrected chi connectivity index (χ1v) is 8.76. The van der Waals surface area contributed by atoms with Gasteiger partial charge in [0.25, 0.3) is 0 Å². The summed E-state index contributed by atoms with van der Waals surface area (Å²) in [4.78, 5) is 8.12. The lowest BCUT2D eigenvalue weighted by Crippen LogP contribution is -2.68. The van der Waals surface area contributed by atoms with Crippen molar-refractivity contribution in [2.24, 2.45) is 11.8 Å². The summed E-state index contributed by atoms with van der Waals surface area (Å²) >= 11 is 0. The molecule has 0 radical (unpaired) electrons. The van der Waals surface area contributed by atoms with Crippen molar-refractivity contribution < 1.29 is 0 Å². The lowest BCUT2D eigenvalue weighted by atomic mass is 9.85. The van der Waals surface area contributed by atoms with Crippen molar-refractivity contribution in [1.82, 2.24) is 14.7 Å². The van der Waals surface area contributed by atoms with Crippen LogP contribution in [0.3, 0.4) is 0 Å². The monoisotopic (exact) mass is 279 g/mol. The van der Waals surface area contributed by atoms with Gasteiger partial charge in [-0.25, -0.2) is 0 Å². The molecule has 3 saturated heterocycles. The Morgan fingerprint density at radius 1 is 0.750 bits per heavy atom. The van der Waals surface area contributed by atoms with Crippen LogP contribution in [0.5, 0.6) is 0 Å². The van der Waals surface area contributed by atoms with Gasteiger partial charge in [-0.2, -0.15) is 0 Å². The van der Waals surface area contributed by atoms with Gasteiger partial charge in [-0.05, 0) is 51.6 Å². The lowest BCUT2D eigenvalue weighted by molar-refractivity contribution is -0.0666. The summed E-state index contributed by atoms with van der Waals surface area (Å²) < 4.78 is 0. The molecule has 3 fully saturated rings. The zero-order chi connectivity index (χ0) is 14.3. The van der Waals surface area contributed by atoms with Crippen molar-refractivity contribution in [2.75, 3.05) is 39.3 Å². The third-order valence-corrected chi connectivity index (χ3v) is 6.03. The van der Waals surface area contributed by atoms with Gasteiger partial charge in [0.15, 0.2) is 0 Å². The molecule has 0 spiro atoms. The molecule has 3 nitrogen and oxygen atoms in total. The van der Waals surface area contributed by atoms with E-state index in [-0.39, 0.29) is 0 Å². The Morgan fingerprint density at radius 3 is 1.80 bits per heavy atom. The molecule has 0 bridgehead atoms. The van der Waals surface area contributed by atoms with E-state index in [0.717, 1.165) is 30.0 Å². The highest BCUT2D eigenvalue weighted by Gasteiger charge is 2.42.